The topological polar surface area (TPSA) is 37.8 Å². The Bertz CT molecular complexity index is 317. The van der Waals surface area contributed by atoms with Crippen molar-refractivity contribution in [2.75, 3.05) is 6.54 Å². The molecule has 1 unspecified atom stereocenters. The molecule has 1 fully saturated rings. The van der Waals surface area contributed by atoms with Crippen molar-refractivity contribution in [1.82, 2.24) is 15.3 Å². The monoisotopic (exact) mass is 219 g/mol. The van der Waals surface area contributed by atoms with Gasteiger partial charge in [-0.3, -0.25) is 0 Å². The van der Waals surface area contributed by atoms with E-state index in [0.29, 0.717) is 6.04 Å². The summed E-state index contributed by atoms with van der Waals surface area (Å²) in [6.07, 6.45) is 9.13. The van der Waals surface area contributed by atoms with E-state index in [1.54, 1.807) is 0 Å². The largest absolute Gasteiger partial charge is 0.314 e. The Morgan fingerprint density at radius 1 is 1.38 bits per heavy atom. The van der Waals surface area contributed by atoms with Crippen LogP contribution in [0.25, 0.3) is 0 Å². The van der Waals surface area contributed by atoms with E-state index < -0.39 is 0 Å². The van der Waals surface area contributed by atoms with Gasteiger partial charge in [0.15, 0.2) is 0 Å². The Kier molecular flexibility index (Phi) is 4.28. The number of nitrogens with one attached hydrogen (secondary N) is 1. The normalized spacial score (nSPS) is 21.7. The molecule has 88 valence electrons. The first kappa shape index (κ1) is 11.5. The molecule has 0 saturated carbocycles. The van der Waals surface area contributed by atoms with Gasteiger partial charge in [-0.1, -0.05) is 19.8 Å². The quantitative estimate of drug-likeness (QED) is 0.846. The molecule has 1 aliphatic rings. The lowest BCUT2D eigenvalue weighted by atomic mass is 10.1. The summed E-state index contributed by atoms with van der Waals surface area (Å²) in [7, 11) is 0. The highest BCUT2D eigenvalue weighted by molar-refractivity contribution is 5.03. The summed E-state index contributed by atoms with van der Waals surface area (Å²) >= 11 is 0. The summed E-state index contributed by atoms with van der Waals surface area (Å²) < 4.78 is 0. The lowest BCUT2D eigenvalue weighted by Crippen LogP contribution is -2.30. The third-order valence-electron chi connectivity index (χ3n) is 3.22. The van der Waals surface area contributed by atoms with E-state index in [4.69, 9.17) is 0 Å². The number of hydrogen-bond acceptors (Lipinski definition) is 3. The molecule has 1 saturated heterocycles. The molecule has 1 aromatic rings. The van der Waals surface area contributed by atoms with Crippen LogP contribution in [0.5, 0.6) is 0 Å². The minimum absolute atomic E-state index is 0.578. The molecule has 0 bridgehead atoms. The highest BCUT2D eigenvalue weighted by Crippen LogP contribution is 2.11. The Morgan fingerprint density at radius 3 is 3.19 bits per heavy atom. The third-order valence-corrected chi connectivity index (χ3v) is 3.22. The molecule has 0 aliphatic carbocycles. The van der Waals surface area contributed by atoms with E-state index in [2.05, 4.69) is 22.2 Å². The summed E-state index contributed by atoms with van der Waals surface area (Å²) in [5, 5.41) is 3.59. The molecule has 1 atom stereocenters. The molecular formula is C13H21N3. The molecular weight excluding hydrogens is 198 g/mol. The van der Waals surface area contributed by atoms with Crippen LogP contribution in [0.2, 0.25) is 0 Å². The van der Waals surface area contributed by atoms with E-state index >= 15 is 0 Å². The smallest absolute Gasteiger partial charge is 0.130 e. The summed E-state index contributed by atoms with van der Waals surface area (Å²) in [4.78, 5) is 8.93. The molecule has 2 rings (SSSR count). The van der Waals surface area contributed by atoms with Crippen molar-refractivity contribution < 1.29 is 0 Å². The lowest BCUT2D eigenvalue weighted by Gasteiger charge is -2.14. The van der Waals surface area contributed by atoms with Gasteiger partial charge in [0, 0.05) is 24.4 Å². The second kappa shape index (κ2) is 5.94. The van der Waals surface area contributed by atoms with Gasteiger partial charge in [-0.05, 0) is 31.9 Å². The zero-order chi connectivity index (χ0) is 11.2. The summed E-state index contributed by atoms with van der Waals surface area (Å²) in [5.74, 6) is 0.999. The van der Waals surface area contributed by atoms with Gasteiger partial charge in [-0.15, -0.1) is 0 Å². The fourth-order valence-corrected chi connectivity index (χ4v) is 2.23. The summed E-state index contributed by atoms with van der Waals surface area (Å²) in [6.45, 7) is 3.29. The van der Waals surface area contributed by atoms with Crippen LogP contribution < -0.4 is 5.32 Å². The van der Waals surface area contributed by atoms with Crippen molar-refractivity contribution in [3.05, 3.63) is 23.8 Å². The SMILES string of the molecule is CCc1ccnc(CC2CCCCCN2)n1. The van der Waals surface area contributed by atoms with E-state index in [-0.39, 0.29) is 0 Å². The molecule has 0 radical (unpaired) electrons. The average molecular weight is 219 g/mol. The number of nitrogens with zero attached hydrogens (tertiary/aromatic N) is 2. The molecule has 0 spiro atoms. The molecule has 3 nitrogen and oxygen atoms in total. The summed E-state index contributed by atoms with van der Waals surface area (Å²) in [5.41, 5.74) is 1.15. The number of hydrogen-bond donors (Lipinski definition) is 1. The van der Waals surface area contributed by atoms with Gasteiger partial charge in [0.1, 0.15) is 5.82 Å². The standard InChI is InChI=1S/C13H21N3/c1-2-11-7-9-15-13(16-11)10-12-6-4-3-5-8-14-12/h7,9,12,14H,2-6,8,10H2,1H3. The predicted octanol–water partition coefficient (Wildman–Crippen LogP) is 2.11. The first-order chi connectivity index (χ1) is 7.88. The molecule has 0 aromatic carbocycles. The van der Waals surface area contributed by atoms with Crippen LogP contribution in [0.15, 0.2) is 12.3 Å². The number of aromatic nitrogens is 2. The maximum atomic E-state index is 4.56. The van der Waals surface area contributed by atoms with Crippen LogP contribution >= 0.6 is 0 Å². The Labute approximate surface area is 97.7 Å². The fourth-order valence-electron chi connectivity index (χ4n) is 2.23. The minimum atomic E-state index is 0.578. The summed E-state index contributed by atoms with van der Waals surface area (Å²) in [6, 6.07) is 2.58. The second-order valence-electron chi connectivity index (χ2n) is 4.52. The van der Waals surface area contributed by atoms with Gasteiger partial charge in [-0.25, -0.2) is 9.97 Å². The molecule has 3 heteroatoms. The predicted molar refractivity (Wildman–Crippen MR) is 65.4 cm³/mol. The first-order valence-corrected chi connectivity index (χ1v) is 6.42. The zero-order valence-corrected chi connectivity index (χ0v) is 10.1. The Balaban J connectivity index is 1.96. The van der Waals surface area contributed by atoms with Gasteiger partial charge in [-0.2, -0.15) is 0 Å². The van der Waals surface area contributed by atoms with Crippen molar-refractivity contribution in [3.63, 3.8) is 0 Å². The Hall–Kier alpha value is -0.960. The van der Waals surface area contributed by atoms with E-state index in [9.17, 15) is 0 Å². The lowest BCUT2D eigenvalue weighted by molar-refractivity contribution is 0.496. The molecule has 1 aliphatic heterocycles. The van der Waals surface area contributed by atoms with Crippen molar-refractivity contribution in [1.29, 1.82) is 0 Å². The fraction of sp³-hybridized carbons (Fsp3) is 0.692. The Morgan fingerprint density at radius 2 is 2.31 bits per heavy atom. The maximum absolute atomic E-state index is 4.56. The molecule has 1 N–H and O–H groups in total. The van der Waals surface area contributed by atoms with Crippen LogP contribution in [0.3, 0.4) is 0 Å². The third kappa shape index (κ3) is 3.27. The highest BCUT2D eigenvalue weighted by Gasteiger charge is 2.13. The van der Waals surface area contributed by atoms with Crippen molar-refractivity contribution in [2.24, 2.45) is 0 Å². The molecule has 16 heavy (non-hydrogen) atoms. The van der Waals surface area contributed by atoms with Gasteiger partial charge < -0.3 is 5.32 Å². The van der Waals surface area contributed by atoms with Gasteiger partial charge >= 0.3 is 0 Å². The van der Waals surface area contributed by atoms with Gasteiger partial charge in [0.05, 0.1) is 0 Å². The van der Waals surface area contributed by atoms with Crippen LogP contribution in [-0.2, 0) is 12.8 Å². The maximum Gasteiger partial charge on any atom is 0.130 e. The van der Waals surface area contributed by atoms with Gasteiger partial charge in [0.2, 0.25) is 0 Å². The minimum Gasteiger partial charge on any atom is -0.314 e. The van der Waals surface area contributed by atoms with Crippen LogP contribution in [-0.4, -0.2) is 22.6 Å². The second-order valence-corrected chi connectivity index (χ2v) is 4.52. The van der Waals surface area contributed by atoms with Crippen LogP contribution in [0.1, 0.15) is 44.1 Å². The molecule has 0 amide bonds. The van der Waals surface area contributed by atoms with E-state index in [1.165, 1.54) is 25.7 Å². The average Bonchev–Trinajstić information content (AvgIpc) is 2.58. The van der Waals surface area contributed by atoms with Crippen molar-refractivity contribution >= 4 is 0 Å². The van der Waals surface area contributed by atoms with Crippen LogP contribution in [0.4, 0.5) is 0 Å². The van der Waals surface area contributed by atoms with Crippen molar-refractivity contribution in [2.45, 2.75) is 51.5 Å². The zero-order valence-electron chi connectivity index (χ0n) is 10.1. The highest BCUT2D eigenvalue weighted by atomic mass is 14.9. The first-order valence-electron chi connectivity index (χ1n) is 6.42. The van der Waals surface area contributed by atoms with Crippen molar-refractivity contribution in [3.8, 4) is 0 Å². The number of rotatable bonds is 3. The molecule has 2 heterocycles. The van der Waals surface area contributed by atoms with E-state index in [0.717, 1.165) is 30.9 Å². The van der Waals surface area contributed by atoms with Gasteiger partial charge in [0.25, 0.3) is 0 Å². The number of aryl methyl sites for hydroxylation is 1. The van der Waals surface area contributed by atoms with E-state index in [1.807, 2.05) is 12.3 Å². The molecule has 1 aromatic heterocycles. The van der Waals surface area contributed by atoms with Crippen LogP contribution in [0, 0.1) is 0 Å².